The zero-order valence-corrected chi connectivity index (χ0v) is 13.3. The van der Waals surface area contributed by atoms with Gasteiger partial charge in [0, 0.05) is 40.3 Å². The van der Waals surface area contributed by atoms with Crippen molar-refractivity contribution in [3.05, 3.63) is 44.7 Å². The lowest BCUT2D eigenvalue weighted by molar-refractivity contribution is 0.176. The van der Waals surface area contributed by atoms with Crippen LogP contribution in [-0.4, -0.2) is 23.0 Å². The summed E-state index contributed by atoms with van der Waals surface area (Å²) in [5, 5.41) is 1.29. The van der Waals surface area contributed by atoms with Crippen molar-refractivity contribution >= 4 is 22.5 Å². The van der Waals surface area contributed by atoms with Gasteiger partial charge in [-0.25, -0.2) is 0 Å². The number of fused-ring (bicyclic) bond motifs is 1. The van der Waals surface area contributed by atoms with Gasteiger partial charge in [-0.05, 0) is 50.4 Å². The Morgan fingerprint density at radius 2 is 2.24 bits per heavy atom. The Kier molecular flexibility index (Phi) is 4.05. The Balaban J connectivity index is 2.00. The Morgan fingerprint density at radius 1 is 1.43 bits per heavy atom. The minimum absolute atomic E-state index is 0.113. The highest BCUT2D eigenvalue weighted by Gasteiger charge is 2.19. The molecule has 3 nitrogen and oxygen atoms in total. The minimum Gasteiger partial charge on any atom is -0.358 e. The second kappa shape index (κ2) is 5.82. The number of hydrogen-bond acceptors (Lipinski definition) is 2. The van der Waals surface area contributed by atoms with E-state index in [4.69, 9.17) is 11.6 Å². The van der Waals surface area contributed by atoms with Gasteiger partial charge in [-0.1, -0.05) is 18.5 Å². The molecule has 0 spiro atoms. The van der Waals surface area contributed by atoms with Crippen molar-refractivity contribution in [3.8, 4) is 0 Å². The van der Waals surface area contributed by atoms with Crippen molar-refractivity contribution in [2.45, 2.75) is 33.2 Å². The third kappa shape index (κ3) is 2.99. The van der Waals surface area contributed by atoms with Crippen LogP contribution in [0.15, 0.2) is 23.0 Å². The van der Waals surface area contributed by atoms with E-state index in [1.165, 1.54) is 12.8 Å². The van der Waals surface area contributed by atoms with Gasteiger partial charge in [0.15, 0.2) is 5.43 Å². The Bertz CT molecular complexity index is 723. The summed E-state index contributed by atoms with van der Waals surface area (Å²) in [5.74, 6) is 0.716. The summed E-state index contributed by atoms with van der Waals surface area (Å²) < 4.78 is 0. The predicted octanol–water partition coefficient (Wildman–Crippen LogP) is 3.72. The third-order valence-electron chi connectivity index (χ3n) is 4.40. The van der Waals surface area contributed by atoms with E-state index in [1.54, 1.807) is 6.07 Å². The van der Waals surface area contributed by atoms with Gasteiger partial charge >= 0.3 is 0 Å². The molecule has 2 heterocycles. The molecule has 1 aliphatic heterocycles. The molecule has 1 aliphatic rings. The van der Waals surface area contributed by atoms with E-state index in [9.17, 15) is 4.79 Å². The highest BCUT2D eigenvalue weighted by atomic mass is 35.5. The molecule has 112 valence electrons. The van der Waals surface area contributed by atoms with Crippen LogP contribution in [0.3, 0.4) is 0 Å². The summed E-state index contributed by atoms with van der Waals surface area (Å²) in [6.45, 7) is 7.15. The van der Waals surface area contributed by atoms with Crippen LogP contribution < -0.4 is 5.43 Å². The standard InChI is InChI=1S/C17H21ClN2O/c1-11-4-3-7-20(9-11)10-15-12(2)19-16-6-5-13(18)8-14(16)17(15)21/h5-6,8,11H,3-4,7,9-10H2,1-2H3,(H,19,21)/t11-/m0/s1. The van der Waals surface area contributed by atoms with Gasteiger partial charge in [0.05, 0.1) is 0 Å². The number of aromatic nitrogens is 1. The smallest absolute Gasteiger partial charge is 0.194 e. The van der Waals surface area contributed by atoms with Gasteiger partial charge in [-0.2, -0.15) is 0 Å². The fourth-order valence-electron chi connectivity index (χ4n) is 3.27. The fraction of sp³-hybridized carbons (Fsp3) is 0.471. The molecule has 0 unspecified atom stereocenters. The summed E-state index contributed by atoms with van der Waals surface area (Å²) in [6, 6.07) is 5.45. The maximum Gasteiger partial charge on any atom is 0.194 e. The monoisotopic (exact) mass is 304 g/mol. The van der Waals surface area contributed by atoms with Crippen molar-refractivity contribution in [1.82, 2.24) is 9.88 Å². The SMILES string of the molecule is Cc1[nH]c2ccc(Cl)cc2c(=O)c1CN1CCC[C@H](C)C1. The van der Waals surface area contributed by atoms with E-state index < -0.39 is 0 Å². The number of H-pyrrole nitrogens is 1. The molecule has 21 heavy (non-hydrogen) atoms. The van der Waals surface area contributed by atoms with Gasteiger partial charge in [0.2, 0.25) is 0 Å². The average Bonchev–Trinajstić information content (AvgIpc) is 2.45. The summed E-state index contributed by atoms with van der Waals surface area (Å²) in [5.41, 5.74) is 2.81. The molecule has 0 radical (unpaired) electrons. The van der Waals surface area contributed by atoms with Crippen LogP contribution in [0.25, 0.3) is 10.9 Å². The van der Waals surface area contributed by atoms with Crippen molar-refractivity contribution in [2.75, 3.05) is 13.1 Å². The Labute approximate surface area is 129 Å². The zero-order valence-electron chi connectivity index (χ0n) is 12.6. The molecule has 2 aromatic rings. The van der Waals surface area contributed by atoms with E-state index in [2.05, 4.69) is 16.8 Å². The van der Waals surface area contributed by atoms with Crippen molar-refractivity contribution in [2.24, 2.45) is 5.92 Å². The van der Waals surface area contributed by atoms with E-state index >= 15 is 0 Å². The van der Waals surface area contributed by atoms with E-state index in [1.807, 2.05) is 19.1 Å². The summed E-state index contributed by atoms with van der Waals surface area (Å²) >= 11 is 6.03. The number of halogens is 1. The van der Waals surface area contributed by atoms with Crippen LogP contribution in [0.2, 0.25) is 5.02 Å². The largest absolute Gasteiger partial charge is 0.358 e. The number of hydrogen-bond donors (Lipinski definition) is 1. The molecule has 0 bridgehead atoms. The van der Waals surface area contributed by atoms with Gasteiger partial charge < -0.3 is 4.98 Å². The maximum atomic E-state index is 12.8. The minimum atomic E-state index is 0.113. The molecule has 1 saturated heterocycles. The molecule has 1 N–H and O–H groups in total. The predicted molar refractivity (Wildman–Crippen MR) is 88.0 cm³/mol. The van der Waals surface area contributed by atoms with E-state index in [-0.39, 0.29) is 5.43 Å². The first kappa shape index (κ1) is 14.6. The van der Waals surface area contributed by atoms with Crippen molar-refractivity contribution in [1.29, 1.82) is 0 Å². The van der Waals surface area contributed by atoms with E-state index in [0.29, 0.717) is 16.3 Å². The van der Waals surface area contributed by atoms with Crippen LogP contribution in [0.1, 0.15) is 31.0 Å². The lowest BCUT2D eigenvalue weighted by atomic mass is 9.99. The molecule has 1 fully saturated rings. The van der Waals surface area contributed by atoms with Crippen molar-refractivity contribution < 1.29 is 0 Å². The quantitative estimate of drug-likeness (QED) is 0.918. The van der Waals surface area contributed by atoms with Crippen molar-refractivity contribution in [3.63, 3.8) is 0 Å². The normalized spacial score (nSPS) is 20.0. The molecule has 1 aromatic heterocycles. The lowest BCUT2D eigenvalue weighted by Crippen LogP contribution is -2.35. The highest BCUT2D eigenvalue weighted by Crippen LogP contribution is 2.20. The fourth-order valence-corrected chi connectivity index (χ4v) is 3.44. The number of likely N-dealkylation sites (tertiary alicyclic amines) is 1. The highest BCUT2D eigenvalue weighted by molar-refractivity contribution is 6.31. The van der Waals surface area contributed by atoms with Gasteiger partial charge in [-0.3, -0.25) is 9.69 Å². The molecule has 4 heteroatoms. The number of aromatic amines is 1. The second-order valence-electron chi connectivity index (χ2n) is 6.23. The lowest BCUT2D eigenvalue weighted by Gasteiger charge is -2.31. The first-order valence-electron chi connectivity index (χ1n) is 7.58. The number of pyridine rings is 1. The number of nitrogens with one attached hydrogen (secondary N) is 1. The molecule has 3 rings (SSSR count). The third-order valence-corrected chi connectivity index (χ3v) is 4.63. The van der Waals surface area contributed by atoms with Crippen LogP contribution in [0.5, 0.6) is 0 Å². The Hall–Kier alpha value is -1.32. The first-order valence-corrected chi connectivity index (χ1v) is 7.96. The topological polar surface area (TPSA) is 36.1 Å². The van der Waals surface area contributed by atoms with Crippen LogP contribution in [0.4, 0.5) is 0 Å². The van der Waals surface area contributed by atoms with Crippen LogP contribution in [0, 0.1) is 12.8 Å². The Morgan fingerprint density at radius 3 is 3.00 bits per heavy atom. The number of benzene rings is 1. The average molecular weight is 305 g/mol. The number of aryl methyl sites for hydroxylation is 1. The number of nitrogens with zero attached hydrogens (tertiary/aromatic N) is 1. The van der Waals surface area contributed by atoms with Gasteiger partial charge in [0.25, 0.3) is 0 Å². The first-order chi connectivity index (χ1) is 10.0. The second-order valence-corrected chi connectivity index (χ2v) is 6.67. The number of piperidine rings is 1. The maximum absolute atomic E-state index is 12.8. The summed E-state index contributed by atoms with van der Waals surface area (Å²) in [6.07, 6.45) is 2.51. The molecule has 0 aliphatic carbocycles. The molecule has 0 saturated carbocycles. The molecule has 1 atom stereocenters. The molecular weight excluding hydrogens is 284 g/mol. The van der Waals surface area contributed by atoms with Crippen LogP contribution in [-0.2, 0) is 6.54 Å². The van der Waals surface area contributed by atoms with E-state index in [0.717, 1.165) is 36.4 Å². The molecule has 0 amide bonds. The summed E-state index contributed by atoms with van der Waals surface area (Å²) in [4.78, 5) is 18.5. The summed E-state index contributed by atoms with van der Waals surface area (Å²) in [7, 11) is 0. The number of rotatable bonds is 2. The van der Waals surface area contributed by atoms with Gasteiger partial charge in [-0.15, -0.1) is 0 Å². The van der Waals surface area contributed by atoms with Gasteiger partial charge in [0.1, 0.15) is 0 Å². The zero-order chi connectivity index (χ0) is 15.0. The molecular formula is C17H21ClN2O. The van der Waals surface area contributed by atoms with Crippen LogP contribution >= 0.6 is 11.6 Å². The molecule has 1 aromatic carbocycles.